The summed E-state index contributed by atoms with van der Waals surface area (Å²) in [6.45, 7) is 8.51. The number of carbonyl (C=O) groups is 2. The second kappa shape index (κ2) is 9.33. The molecule has 0 saturated carbocycles. The van der Waals surface area contributed by atoms with Gasteiger partial charge in [0.1, 0.15) is 11.4 Å². The summed E-state index contributed by atoms with van der Waals surface area (Å²) in [7, 11) is 0. The van der Waals surface area contributed by atoms with Crippen LogP contribution in [0.15, 0.2) is 72.4 Å². The molecule has 0 aromatic heterocycles. The average molecular weight is 441 g/mol. The minimum absolute atomic E-state index is 0.273. The van der Waals surface area contributed by atoms with Crippen molar-refractivity contribution in [3.8, 4) is 5.75 Å². The Hall–Kier alpha value is -3.86. The Bertz CT molecular complexity index is 1240. The van der Waals surface area contributed by atoms with Crippen LogP contribution in [-0.4, -0.2) is 18.4 Å². The molecule has 0 atom stereocenters. The molecule has 33 heavy (non-hydrogen) atoms. The quantitative estimate of drug-likeness (QED) is 0.482. The van der Waals surface area contributed by atoms with Crippen molar-refractivity contribution in [2.45, 2.75) is 34.1 Å². The van der Waals surface area contributed by atoms with Crippen molar-refractivity contribution in [3.05, 3.63) is 94.7 Å². The molecule has 5 heteroatoms. The zero-order valence-corrected chi connectivity index (χ0v) is 19.4. The van der Waals surface area contributed by atoms with Gasteiger partial charge in [-0.2, -0.15) is 0 Å². The van der Waals surface area contributed by atoms with Crippen LogP contribution in [0.25, 0.3) is 5.57 Å². The van der Waals surface area contributed by atoms with Gasteiger partial charge in [0.2, 0.25) is 0 Å². The largest absolute Gasteiger partial charge is 0.494 e. The van der Waals surface area contributed by atoms with Gasteiger partial charge in [0.05, 0.1) is 17.9 Å². The highest BCUT2D eigenvalue weighted by Gasteiger charge is 2.40. The Kier molecular flexibility index (Phi) is 6.31. The van der Waals surface area contributed by atoms with Gasteiger partial charge in [0, 0.05) is 11.8 Å². The van der Waals surface area contributed by atoms with E-state index < -0.39 is 0 Å². The summed E-state index contributed by atoms with van der Waals surface area (Å²) in [4.78, 5) is 28.5. The van der Waals surface area contributed by atoms with Crippen molar-refractivity contribution in [2.75, 3.05) is 16.8 Å². The highest BCUT2D eigenvalue weighted by Crippen LogP contribution is 2.35. The van der Waals surface area contributed by atoms with E-state index in [1.54, 1.807) is 18.2 Å². The molecule has 0 aliphatic carbocycles. The van der Waals surface area contributed by atoms with Gasteiger partial charge < -0.3 is 10.1 Å². The summed E-state index contributed by atoms with van der Waals surface area (Å²) < 4.78 is 5.58. The molecule has 168 valence electrons. The van der Waals surface area contributed by atoms with Crippen LogP contribution in [0.1, 0.15) is 36.1 Å². The zero-order chi connectivity index (χ0) is 23.5. The van der Waals surface area contributed by atoms with Crippen molar-refractivity contribution < 1.29 is 14.3 Å². The summed E-state index contributed by atoms with van der Waals surface area (Å²) in [5.41, 5.74) is 5.98. The number of nitrogens with zero attached hydrogens (tertiary/aromatic N) is 1. The lowest BCUT2D eigenvalue weighted by molar-refractivity contribution is -0.120. The molecule has 3 aromatic rings. The van der Waals surface area contributed by atoms with Crippen LogP contribution in [0.2, 0.25) is 0 Å². The lowest BCUT2D eigenvalue weighted by Crippen LogP contribution is -2.32. The molecule has 0 fully saturated rings. The summed E-state index contributed by atoms with van der Waals surface area (Å²) >= 11 is 0. The molecule has 1 N–H and O–H groups in total. The van der Waals surface area contributed by atoms with E-state index >= 15 is 0 Å². The van der Waals surface area contributed by atoms with Gasteiger partial charge in [-0.1, -0.05) is 43.3 Å². The molecule has 1 aliphatic rings. The van der Waals surface area contributed by atoms with Crippen molar-refractivity contribution >= 4 is 28.8 Å². The third-order valence-electron chi connectivity index (χ3n) is 5.90. The van der Waals surface area contributed by atoms with Crippen LogP contribution >= 0.6 is 0 Å². The van der Waals surface area contributed by atoms with E-state index in [-0.39, 0.29) is 17.5 Å². The molecule has 1 aliphatic heterocycles. The minimum atomic E-state index is -0.388. The van der Waals surface area contributed by atoms with Gasteiger partial charge in [-0.15, -0.1) is 0 Å². The molecule has 0 radical (unpaired) electrons. The number of carbonyl (C=O) groups excluding carboxylic acids is 2. The first-order valence-corrected chi connectivity index (χ1v) is 11.2. The number of aryl methyl sites for hydroxylation is 3. The van der Waals surface area contributed by atoms with Gasteiger partial charge in [-0.25, -0.2) is 4.90 Å². The number of hydrogen-bond donors (Lipinski definition) is 1. The fourth-order valence-corrected chi connectivity index (χ4v) is 3.89. The standard InChI is InChI=1S/C28H28N2O3/c1-5-20-11-14-22(15-12-20)29-26-25(21-13-10-18(3)19(4)16-21)27(31)30(28(26)32)23-8-7-9-24(17-23)33-6-2/h7-17,29H,5-6H2,1-4H3. The van der Waals surface area contributed by atoms with Gasteiger partial charge in [0.25, 0.3) is 11.8 Å². The third kappa shape index (κ3) is 4.40. The molecule has 0 saturated heterocycles. The van der Waals surface area contributed by atoms with Gasteiger partial charge in [0.15, 0.2) is 0 Å². The first-order chi connectivity index (χ1) is 15.9. The third-order valence-corrected chi connectivity index (χ3v) is 5.90. The lowest BCUT2D eigenvalue weighted by atomic mass is 9.99. The maximum Gasteiger partial charge on any atom is 0.282 e. The number of amides is 2. The Morgan fingerprint density at radius 3 is 2.27 bits per heavy atom. The molecule has 5 nitrogen and oxygen atoms in total. The first-order valence-electron chi connectivity index (χ1n) is 11.2. The Labute approximate surface area is 194 Å². The molecule has 0 bridgehead atoms. The summed E-state index contributed by atoms with van der Waals surface area (Å²) in [6, 6.07) is 20.8. The molecule has 3 aromatic carbocycles. The molecule has 2 amide bonds. The number of nitrogens with one attached hydrogen (secondary N) is 1. The van der Waals surface area contributed by atoms with E-state index in [0.29, 0.717) is 29.2 Å². The van der Waals surface area contributed by atoms with E-state index in [1.165, 1.54) is 10.5 Å². The highest BCUT2D eigenvalue weighted by atomic mass is 16.5. The Balaban J connectivity index is 1.80. The van der Waals surface area contributed by atoms with Crippen molar-refractivity contribution in [1.82, 2.24) is 0 Å². The second-order valence-corrected chi connectivity index (χ2v) is 8.10. The molecular weight excluding hydrogens is 412 g/mol. The summed E-state index contributed by atoms with van der Waals surface area (Å²) in [5, 5.41) is 3.23. The maximum atomic E-state index is 13.6. The fourth-order valence-electron chi connectivity index (χ4n) is 3.89. The maximum absolute atomic E-state index is 13.6. The van der Waals surface area contributed by atoms with Crippen LogP contribution in [0.4, 0.5) is 11.4 Å². The normalized spacial score (nSPS) is 13.6. The lowest BCUT2D eigenvalue weighted by Gasteiger charge is -2.16. The predicted molar refractivity (Wildman–Crippen MR) is 132 cm³/mol. The molecule has 0 spiro atoms. The number of ether oxygens (including phenoxy) is 1. The van der Waals surface area contributed by atoms with Gasteiger partial charge in [-0.05, 0) is 73.7 Å². The predicted octanol–water partition coefficient (Wildman–Crippen LogP) is 5.66. The van der Waals surface area contributed by atoms with Crippen LogP contribution in [-0.2, 0) is 16.0 Å². The number of imide groups is 1. The van der Waals surface area contributed by atoms with E-state index in [0.717, 1.165) is 23.2 Å². The zero-order valence-electron chi connectivity index (χ0n) is 19.4. The molecule has 1 heterocycles. The average Bonchev–Trinajstić information content (AvgIpc) is 3.06. The van der Waals surface area contributed by atoms with E-state index in [9.17, 15) is 9.59 Å². The van der Waals surface area contributed by atoms with Crippen molar-refractivity contribution in [2.24, 2.45) is 0 Å². The Morgan fingerprint density at radius 1 is 0.848 bits per heavy atom. The van der Waals surface area contributed by atoms with E-state index in [2.05, 4.69) is 12.2 Å². The highest BCUT2D eigenvalue weighted by molar-refractivity contribution is 6.46. The van der Waals surface area contributed by atoms with Crippen LogP contribution in [0, 0.1) is 13.8 Å². The minimum Gasteiger partial charge on any atom is -0.494 e. The molecular formula is C28H28N2O3. The Morgan fingerprint density at radius 2 is 1.61 bits per heavy atom. The van der Waals surface area contributed by atoms with Crippen LogP contribution in [0.3, 0.4) is 0 Å². The second-order valence-electron chi connectivity index (χ2n) is 8.10. The first kappa shape index (κ1) is 22.3. The van der Waals surface area contributed by atoms with E-state index in [1.807, 2.05) is 69.3 Å². The summed E-state index contributed by atoms with van der Waals surface area (Å²) in [5.74, 6) is -0.133. The van der Waals surface area contributed by atoms with Gasteiger partial charge >= 0.3 is 0 Å². The topological polar surface area (TPSA) is 58.6 Å². The SMILES string of the molecule is CCOc1cccc(N2C(=O)C(Nc3ccc(CC)cc3)=C(c3ccc(C)c(C)c3)C2=O)c1. The number of anilines is 2. The number of hydrogen-bond acceptors (Lipinski definition) is 4. The van der Waals surface area contributed by atoms with Crippen molar-refractivity contribution in [1.29, 1.82) is 0 Å². The molecule has 4 rings (SSSR count). The van der Waals surface area contributed by atoms with Gasteiger partial charge in [-0.3, -0.25) is 9.59 Å². The smallest absolute Gasteiger partial charge is 0.282 e. The van der Waals surface area contributed by atoms with E-state index in [4.69, 9.17) is 4.74 Å². The summed E-state index contributed by atoms with van der Waals surface area (Å²) in [6.07, 6.45) is 0.929. The molecule has 0 unspecified atom stereocenters. The number of benzene rings is 3. The monoisotopic (exact) mass is 440 g/mol. The fraction of sp³-hybridized carbons (Fsp3) is 0.214. The van der Waals surface area contributed by atoms with Crippen LogP contribution in [0.5, 0.6) is 5.75 Å². The van der Waals surface area contributed by atoms with Crippen LogP contribution < -0.4 is 15.0 Å². The number of rotatable bonds is 7. The van der Waals surface area contributed by atoms with Crippen molar-refractivity contribution in [3.63, 3.8) is 0 Å².